The largest absolute Gasteiger partial charge is 0.507 e. The molecule has 3 rings (SSSR count). The molecule has 0 unspecified atom stereocenters. The number of hydrogen-bond donors (Lipinski definition) is 1. The summed E-state index contributed by atoms with van der Waals surface area (Å²) >= 11 is 0. The van der Waals surface area contributed by atoms with Gasteiger partial charge in [-0.25, -0.2) is 0 Å². The van der Waals surface area contributed by atoms with E-state index in [0.717, 1.165) is 16.7 Å². The fourth-order valence-corrected chi connectivity index (χ4v) is 2.88. The van der Waals surface area contributed by atoms with Crippen LogP contribution in [0.2, 0.25) is 0 Å². The Morgan fingerprint density at radius 2 is 2.00 bits per heavy atom. The fraction of sp³-hybridized carbons (Fsp3) is 0.167. The van der Waals surface area contributed by atoms with Crippen molar-refractivity contribution in [2.24, 2.45) is 0 Å². The molecule has 0 aliphatic heterocycles. The topological polar surface area (TPSA) is 46.5 Å². The third kappa shape index (κ3) is 2.02. The van der Waals surface area contributed by atoms with Gasteiger partial charge in [-0.1, -0.05) is 30.3 Å². The molecule has 3 nitrogen and oxygen atoms in total. The minimum absolute atomic E-state index is 0.0638. The molecule has 1 N–H and O–H groups in total. The average molecular weight is 280 g/mol. The quantitative estimate of drug-likeness (QED) is 0.749. The lowest BCUT2D eigenvalue weighted by molar-refractivity contribution is 0.102. The monoisotopic (exact) mass is 280 g/mol. The SMILES string of the molecule is C=CCc1ccc2c(c1O)C(=O)c1c(cccc1OC)C2. The van der Waals surface area contributed by atoms with Crippen molar-refractivity contribution in [2.45, 2.75) is 12.8 Å². The van der Waals surface area contributed by atoms with Gasteiger partial charge in [0.1, 0.15) is 11.5 Å². The first-order valence-electron chi connectivity index (χ1n) is 6.82. The Kier molecular flexibility index (Phi) is 3.26. The molecular weight excluding hydrogens is 264 g/mol. The predicted octanol–water partition coefficient (Wildman–Crippen LogP) is 3.26. The number of ether oxygens (including phenoxy) is 1. The van der Waals surface area contributed by atoms with Crippen LogP contribution in [0, 0.1) is 0 Å². The molecule has 0 amide bonds. The van der Waals surface area contributed by atoms with Crippen LogP contribution >= 0.6 is 0 Å². The Labute approximate surface area is 123 Å². The number of rotatable bonds is 3. The second kappa shape index (κ2) is 5.09. The summed E-state index contributed by atoms with van der Waals surface area (Å²) < 4.78 is 5.30. The molecule has 0 aromatic heterocycles. The number of carbonyl (C=O) groups is 1. The number of fused-ring (bicyclic) bond motifs is 2. The van der Waals surface area contributed by atoms with Crippen molar-refractivity contribution in [1.82, 2.24) is 0 Å². The summed E-state index contributed by atoms with van der Waals surface area (Å²) in [6.07, 6.45) is 2.87. The molecule has 0 heterocycles. The van der Waals surface area contributed by atoms with E-state index < -0.39 is 0 Å². The van der Waals surface area contributed by atoms with Gasteiger partial charge in [-0.15, -0.1) is 6.58 Å². The van der Waals surface area contributed by atoms with Gasteiger partial charge in [0.25, 0.3) is 0 Å². The number of allylic oxidation sites excluding steroid dienone is 1. The smallest absolute Gasteiger partial charge is 0.201 e. The molecule has 0 spiro atoms. The third-order valence-corrected chi connectivity index (χ3v) is 3.88. The van der Waals surface area contributed by atoms with Gasteiger partial charge in [0.15, 0.2) is 0 Å². The van der Waals surface area contributed by atoms with Crippen molar-refractivity contribution in [3.8, 4) is 11.5 Å². The zero-order chi connectivity index (χ0) is 15.0. The zero-order valence-electron chi connectivity index (χ0n) is 11.8. The van der Waals surface area contributed by atoms with Crippen LogP contribution in [0.15, 0.2) is 43.0 Å². The molecule has 0 fully saturated rings. The number of benzene rings is 2. The summed E-state index contributed by atoms with van der Waals surface area (Å²) in [5.41, 5.74) is 3.45. The minimum Gasteiger partial charge on any atom is -0.507 e. The summed E-state index contributed by atoms with van der Waals surface area (Å²) in [5, 5.41) is 10.4. The van der Waals surface area contributed by atoms with E-state index in [1.165, 1.54) is 0 Å². The van der Waals surface area contributed by atoms with E-state index in [2.05, 4.69) is 6.58 Å². The molecule has 0 bridgehead atoms. The first kappa shape index (κ1) is 13.4. The molecule has 2 aromatic rings. The van der Waals surface area contributed by atoms with Gasteiger partial charge in [0.05, 0.1) is 18.2 Å². The normalized spacial score (nSPS) is 12.5. The fourth-order valence-electron chi connectivity index (χ4n) is 2.88. The summed E-state index contributed by atoms with van der Waals surface area (Å²) in [4.78, 5) is 12.8. The highest BCUT2D eigenvalue weighted by molar-refractivity contribution is 6.15. The van der Waals surface area contributed by atoms with E-state index in [9.17, 15) is 9.90 Å². The minimum atomic E-state index is -0.174. The maximum atomic E-state index is 12.8. The van der Waals surface area contributed by atoms with Crippen LogP contribution in [0.4, 0.5) is 0 Å². The van der Waals surface area contributed by atoms with Crippen molar-refractivity contribution in [2.75, 3.05) is 7.11 Å². The molecule has 0 saturated carbocycles. The predicted molar refractivity (Wildman–Crippen MR) is 81.2 cm³/mol. The van der Waals surface area contributed by atoms with Gasteiger partial charge in [0, 0.05) is 0 Å². The molecule has 0 atom stereocenters. The summed E-state index contributed by atoms with van der Waals surface area (Å²) in [6, 6.07) is 9.34. The molecule has 0 radical (unpaired) electrons. The summed E-state index contributed by atoms with van der Waals surface area (Å²) in [6.45, 7) is 3.68. The highest BCUT2D eigenvalue weighted by Gasteiger charge is 2.29. The Balaban J connectivity index is 2.20. The lowest BCUT2D eigenvalue weighted by Gasteiger charge is -2.22. The molecule has 2 aromatic carbocycles. The van der Waals surface area contributed by atoms with E-state index in [1.807, 2.05) is 24.3 Å². The van der Waals surface area contributed by atoms with Gasteiger partial charge in [0.2, 0.25) is 5.78 Å². The Morgan fingerprint density at radius 1 is 1.24 bits per heavy atom. The first-order valence-corrected chi connectivity index (χ1v) is 6.82. The number of phenols is 1. The van der Waals surface area contributed by atoms with E-state index in [0.29, 0.717) is 29.7 Å². The molecule has 1 aliphatic rings. The summed E-state index contributed by atoms with van der Waals surface area (Å²) in [5.74, 6) is 0.442. The van der Waals surface area contributed by atoms with Crippen LogP contribution in [0.3, 0.4) is 0 Å². The van der Waals surface area contributed by atoms with E-state index in [-0.39, 0.29) is 11.5 Å². The molecule has 0 saturated heterocycles. The third-order valence-electron chi connectivity index (χ3n) is 3.88. The van der Waals surface area contributed by atoms with Crippen molar-refractivity contribution in [3.63, 3.8) is 0 Å². The van der Waals surface area contributed by atoms with Gasteiger partial charge in [-0.3, -0.25) is 4.79 Å². The molecule has 106 valence electrons. The average Bonchev–Trinajstić information content (AvgIpc) is 2.49. The number of hydrogen-bond acceptors (Lipinski definition) is 3. The maximum absolute atomic E-state index is 12.8. The molecule has 21 heavy (non-hydrogen) atoms. The Bertz CT molecular complexity index is 744. The van der Waals surface area contributed by atoms with E-state index in [4.69, 9.17) is 4.74 Å². The second-order valence-electron chi connectivity index (χ2n) is 5.10. The number of ketones is 1. The summed E-state index contributed by atoms with van der Waals surface area (Å²) in [7, 11) is 1.55. The number of methoxy groups -OCH3 is 1. The molecule has 1 aliphatic carbocycles. The van der Waals surface area contributed by atoms with Crippen molar-refractivity contribution < 1.29 is 14.6 Å². The molecule has 3 heteroatoms. The number of aromatic hydroxyl groups is 1. The number of carbonyl (C=O) groups excluding carboxylic acids is 1. The van der Waals surface area contributed by atoms with Crippen molar-refractivity contribution >= 4 is 5.78 Å². The lowest BCUT2D eigenvalue weighted by atomic mass is 9.83. The van der Waals surface area contributed by atoms with Gasteiger partial charge >= 0.3 is 0 Å². The van der Waals surface area contributed by atoms with Crippen LogP contribution < -0.4 is 4.74 Å². The standard InChI is InChI=1S/C18H16O3/c1-3-5-11-8-9-13-10-12-6-4-7-14(21-2)15(12)18(20)16(13)17(11)19/h3-4,6-9,19H,1,5,10H2,2H3. The van der Waals surface area contributed by atoms with Crippen molar-refractivity contribution in [3.05, 3.63) is 70.8 Å². The highest BCUT2D eigenvalue weighted by atomic mass is 16.5. The van der Waals surface area contributed by atoms with Gasteiger partial charge in [-0.05, 0) is 35.6 Å². The van der Waals surface area contributed by atoms with Gasteiger partial charge in [-0.2, -0.15) is 0 Å². The van der Waals surface area contributed by atoms with Crippen LogP contribution in [-0.4, -0.2) is 18.0 Å². The lowest BCUT2D eigenvalue weighted by Crippen LogP contribution is -2.17. The van der Waals surface area contributed by atoms with E-state index in [1.54, 1.807) is 19.3 Å². The van der Waals surface area contributed by atoms with Crippen LogP contribution in [0.25, 0.3) is 0 Å². The highest BCUT2D eigenvalue weighted by Crippen LogP contribution is 2.38. The first-order chi connectivity index (χ1) is 10.2. The van der Waals surface area contributed by atoms with Crippen LogP contribution in [0.1, 0.15) is 32.6 Å². The Hall–Kier alpha value is -2.55. The molecular formula is C18H16O3. The number of phenolic OH excluding ortho intramolecular Hbond substituents is 1. The van der Waals surface area contributed by atoms with Crippen molar-refractivity contribution in [1.29, 1.82) is 0 Å². The Morgan fingerprint density at radius 3 is 2.71 bits per heavy atom. The van der Waals surface area contributed by atoms with Crippen LogP contribution in [0.5, 0.6) is 11.5 Å². The zero-order valence-corrected chi connectivity index (χ0v) is 11.8. The van der Waals surface area contributed by atoms with Crippen LogP contribution in [-0.2, 0) is 12.8 Å². The second-order valence-corrected chi connectivity index (χ2v) is 5.10. The van der Waals surface area contributed by atoms with Gasteiger partial charge < -0.3 is 9.84 Å². The maximum Gasteiger partial charge on any atom is 0.201 e. The van der Waals surface area contributed by atoms with E-state index >= 15 is 0 Å².